The standard InChI is InChI=1S/C33H34N8O4/c1-33(21-24-7-4-3-5-8-24,32(42)39-16-14-38(15-17-39)25-10-12-26(13-11-25)44-20-19-43-2)41-30-27(22-35-41)31-36-29(28-9-6-18-45-28)37-40(31)23-34-30/h3-13,18,22-23H,14-17,19-21H2,1-2H3. The average molecular weight is 607 g/mol. The van der Waals surface area contributed by atoms with Gasteiger partial charge in [0, 0.05) is 45.4 Å². The summed E-state index contributed by atoms with van der Waals surface area (Å²) in [4.78, 5) is 28.2. The number of anilines is 1. The molecule has 0 radical (unpaired) electrons. The Labute approximate surface area is 259 Å². The fraction of sp³-hybridized carbons (Fsp3) is 0.303. The van der Waals surface area contributed by atoms with Crippen LogP contribution in [0, 0.1) is 0 Å². The molecule has 2 aromatic carbocycles. The van der Waals surface area contributed by atoms with Crippen LogP contribution in [0.1, 0.15) is 12.5 Å². The van der Waals surface area contributed by atoms with Crippen molar-refractivity contribution in [2.24, 2.45) is 0 Å². The first kappa shape index (κ1) is 28.5. The molecule has 4 aromatic heterocycles. The third kappa shape index (κ3) is 5.48. The lowest BCUT2D eigenvalue weighted by molar-refractivity contribution is -0.140. The van der Waals surface area contributed by atoms with Crippen molar-refractivity contribution in [2.75, 3.05) is 51.4 Å². The molecule has 0 bridgehead atoms. The van der Waals surface area contributed by atoms with Crippen LogP contribution in [0.4, 0.5) is 5.69 Å². The van der Waals surface area contributed by atoms with E-state index in [4.69, 9.17) is 29.0 Å². The molecule has 1 amide bonds. The maximum absolute atomic E-state index is 14.5. The maximum atomic E-state index is 14.5. The van der Waals surface area contributed by atoms with Crippen molar-refractivity contribution in [3.05, 3.63) is 91.1 Å². The minimum Gasteiger partial charge on any atom is -0.491 e. The fourth-order valence-electron chi connectivity index (χ4n) is 5.93. The molecule has 1 aliphatic heterocycles. The highest BCUT2D eigenvalue weighted by atomic mass is 16.5. The van der Waals surface area contributed by atoms with Gasteiger partial charge in [-0.1, -0.05) is 30.3 Å². The number of ether oxygens (including phenoxy) is 2. The highest BCUT2D eigenvalue weighted by molar-refractivity contribution is 5.92. The third-order valence-corrected chi connectivity index (χ3v) is 8.29. The Hall–Kier alpha value is -5.23. The molecule has 45 heavy (non-hydrogen) atoms. The summed E-state index contributed by atoms with van der Waals surface area (Å²) in [5, 5.41) is 10.0. The smallest absolute Gasteiger partial charge is 0.250 e. The number of rotatable bonds is 10. The Kier molecular flexibility index (Phi) is 7.64. The molecule has 6 aromatic rings. The summed E-state index contributed by atoms with van der Waals surface area (Å²) in [5.41, 5.74) is 2.26. The van der Waals surface area contributed by atoms with Crippen LogP contribution in [-0.4, -0.2) is 86.7 Å². The highest BCUT2D eigenvalue weighted by Crippen LogP contribution is 2.31. The molecule has 0 saturated carbocycles. The minimum atomic E-state index is -1.04. The number of benzene rings is 2. The number of amides is 1. The van der Waals surface area contributed by atoms with Crippen LogP contribution in [0.5, 0.6) is 5.75 Å². The van der Waals surface area contributed by atoms with Crippen molar-refractivity contribution < 1.29 is 18.7 Å². The van der Waals surface area contributed by atoms with E-state index in [0.29, 0.717) is 74.1 Å². The molecule has 230 valence electrons. The Balaban J connectivity index is 1.16. The zero-order chi connectivity index (χ0) is 30.8. The number of fused-ring (bicyclic) bond motifs is 3. The van der Waals surface area contributed by atoms with Gasteiger partial charge in [-0.05, 0) is 48.9 Å². The van der Waals surface area contributed by atoms with Gasteiger partial charge in [0.25, 0.3) is 5.91 Å². The van der Waals surface area contributed by atoms with Crippen molar-refractivity contribution in [1.29, 1.82) is 0 Å². The van der Waals surface area contributed by atoms with Crippen LogP contribution in [0.15, 0.2) is 89.9 Å². The molecule has 5 heterocycles. The largest absolute Gasteiger partial charge is 0.491 e. The molecule has 12 nitrogen and oxygen atoms in total. The number of nitrogens with zero attached hydrogens (tertiary/aromatic N) is 8. The normalized spacial score (nSPS) is 15.1. The van der Waals surface area contributed by atoms with Gasteiger partial charge < -0.3 is 23.7 Å². The van der Waals surface area contributed by atoms with Crippen LogP contribution in [0.3, 0.4) is 0 Å². The summed E-state index contributed by atoms with van der Waals surface area (Å²) in [6.45, 7) is 5.60. The number of hydrogen-bond acceptors (Lipinski definition) is 9. The van der Waals surface area contributed by atoms with Crippen LogP contribution in [0.25, 0.3) is 28.3 Å². The van der Waals surface area contributed by atoms with Gasteiger partial charge in [0.05, 0.1) is 24.5 Å². The predicted molar refractivity (Wildman–Crippen MR) is 168 cm³/mol. The van der Waals surface area contributed by atoms with E-state index in [9.17, 15) is 4.79 Å². The summed E-state index contributed by atoms with van der Waals surface area (Å²) in [6, 6.07) is 21.7. The zero-order valence-corrected chi connectivity index (χ0v) is 25.2. The number of methoxy groups -OCH3 is 1. The minimum absolute atomic E-state index is 0.00249. The molecular formula is C33H34N8O4. The lowest BCUT2D eigenvalue weighted by Gasteiger charge is -2.40. The summed E-state index contributed by atoms with van der Waals surface area (Å²) in [5.74, 6) is 1.82. The van der Waals surface area contributed by atoms with Crippen molar-refractivity contribution in [3.63, 3.8) is 0 Å². The third-order valence-electron chi connectivity index (χ3n) is 8.29. The lowest BCUT2D eigenvalue weighted by Crippen LogP contribution is -2.56. The first-order valence-electron chi connectivity index (χ1n) is 15.0. The van der Waals surface area contributed by atoms with E-state index >= 15 is 0 Å². The lowest BCUT2D eigenvalue weighted by atomic mass is 9.90. The van der Waals surface area contributed by atoms with Gasteiger partial charge >= 0.3 is 0 Å². The number of piperazine rings is 1. The highest BCUT2D eigenvalue weighted by Gasteiger charge is 2.42. The van der Waals surface area contributed by atoms with Crippen molar-refractivity contribution in [2.45, 2.75) is 18.9 Å². The Morgan fingerprint density at radius 3 is 2.49 bits per heavy atom. The summed E-state index contributed by atoms with van der Waals surface area (Å²) in [6.07, 6.45) is 5.36. The van der Waals surface area contributed by atoms with E-state index in [1.54, 1.807) is 41.2 Å². The molecule has 1 saturated heterocycles. The Morgan fingerprint density at radius 1 is 0.956 bits per heavy atom. The van der Waals surface area contributed by atoms with E-state index in [0.717, 1.165) is 17.0 Å². The van der Waals surface area contributed by atoms with E-state index < -0.39 is 5.54 Å². The molecule has 1 unspecified atom stereocenters. The van der Waals surface area contributed by atoms with Crippen LogP contribution < -0.4 is 9.64 Å². The summed E-state index contributed by atoms with van der Waals surface area (Å²) >= 11 is 0. The van der Waals surface area contributed by atoms with E-state index in [-0.39, 0.29) is 5.91 Å². The number of aromatic nitrogens is 6. The second-order valence-electron chi connectivity index (χ2n) is 11.3. The van der Waals surface area contributed by atoms with Gasteiger partial charge in [0.2, 0.25) is 5.82 Å². The molecule has 1 fully saturated rings. The predicted octanol–water partition coefficient (Wildman–Crippen LogP) is 4.07. The van der Waals surface area contributed by atoms with Gasteiger partial charge in [-0.3, -0.25) is 4.79 Å². The number of hydrogen-bond donors (Lipinski definition) is 0. The van der Waals surface area contributed by atoms with E-state index in [2.05, 4.69) is 22.1 Å². The molecule has 7 rings (SSSR count). The Bertz CT molecular complexity index is 1890. The van der Waals surface area contributed by atoms with Crippen molar-refractivity contribution in [1.82, 2.24) is 34.3 Å². The molecule has 0 spiro atoms. The topological polar surface area (TPSA) is 116 Å². The van der Waals surface area contributed by atoms with Crippen molar-refractivity contribution >= 4 is 28.3 Å². The first-order valence-corrected chi connectivity index (χ1v) is 15.0. The molecule has 12 heteroatoms. The average Bonchev–Trinajstić information content (AvgIpc) is 3.85. The molecule has 0 aliphatic carbocycles. The second kappa shape index (κ2) is 12.0. The van der Waals surface area contributed by atoms with E-state index in [1.165, 1.54) is 0 Å². The fourth-order valence-corrected chi connectivity index (χ4v) is 5.93. The summed E-state index contributed by atoms with van der Waals surface area (Å²) < 4.78 is 19.6. The molecule has 1 aliphatic rings. The van der Waals surface area contributed by atoms with Crippen LogP contribution in [-0.2, 0) is 21.5 Å². The number of carbonyl (C=O) groups excluding carboxylic acids is 1. The van der Waals surface area contributed by atoms with Gasteiger partial charge in [-0.25, -0.2) is 19.2 Å². The number of carbonyl (C=O) groups is 1. The summed E-state index contributed by atoms with van der Waals surface area (Å²) in [7, 11) is 1.66. The molecule has 1 atom stereocenters. The van der Waals surface area contributed by atoms with Gasteiger partial charge in [0.1, 0.15) is 24.2 Å². The van der Waals surface area contributed by atoms with Gasteiger partial charge in [0.15, 0.2) is 17.1 Å². The van der Waals surface area contributed by atoms with Crippen LogP contribution >= 0.6 is 0 Å². The van der Waals surface area contributed by atoms with E-state index in [1.807, 2.05) is 60.4 Å². The molecular weight excluding hydrogens is 572 g/mol. The monoisotopic (exact) mass is 606 g/mol. The van der Waals surface area contributed by atoms with Crippen molar-refractivity contribution in [3.8, 4) is 17.3 Å². The second-order valence-corrected chi connectivity index (χ2v) is 11.3. The van der Waals surface area contributed by atoms with Gasteiger partial charge in [-0.15, -0.1) is 5.10 Å². The zero-order valence-electron chi connectivity index (χ0n) is 25.2. The molecule has 0 N–H and O–H groups in total. The number of furan rings is 1. The van der Waals surface area contributed by atoms with Gasteiger partial charge in [-0.2, -0.15) is 5.10 Å². The van der Waals surface area contributed by atoms with Crippen LogP contribution in [0.2, 0.25) is 0 Å². The maximum Gasteiger partial charge on any atom is 0.250 e. The Morgan fingerprint density at radius 2 is 1.76 bits per heavy atom. The quantitative estimate of drug-likeness (QED) is 0.213. The SMILES string of the molecule is COCCOc1ccc(N2CCN(C(=O)C(C)(Cc3ccccc3)n3ncc4c3ncn3nc(-c5ccco5)nc43)CC2)cc1. The first-order chi connectivity index (χ1) is 22.0.